The van der Waals surface area contributed by atoms with Gasteiger partial charge in [-0.3, -0.25) is 19.2 Å². The number of ether oxygens (including phenoxy) is 7. The number of carboxylic acids is 1. The van der Waals surface area contributed by atoms with E-state index >= 15 is 0 Å². The molecule has 0 radical (unpaired) electrons. The van der Waals surface area contributed by atoms with Gasteiger partial charge in [0.2, 0.25) is 11.5 Å². The number of carbonyl (C=O) groups excluding carboxylic acids is 6. The minimum Gasteiger partial charge on any atom is -1.00 e. The minimum atomic E-state index is -1.29. The second-order valence-corrected chi connectivity index (χ2v) is 17.7. The van der Waals surface area contributed by atoms with Gasteiger partial charge in [-0.15, -0.1) is 0 Å². The maximum atomic E-state index is 13.5. The molecule has 4 atom stereocenters. The van der Waals surface area contributed by atoms with Crippen LogP contribution in [0.3, 0.4) is 0 Å². The fourth-order valence-electron chi connectivity index (χ4n) is 7.47. The molecule has 6 aromatic rings. The highest BCUT2D eigenvalue weighted by molar-refractivity contribution is 6.61. The van der Waals surface area contributed by atoms with Crippen molar-refractivity contribution in [3.05, 3.63) is 178 Å². The molecule has 0 saturated carbocycles. The van der Waals surface area contributed by atoms with Crippen LogP contribution in [0.15, 0.2) is 122 Å². The summed E-state index contributed by atoms with van der Waals surface area (Å²) in [5.74, 6) is -7.40. The Balaban J connectivity index is 0.000000432. The molecule has 0 aliphatic rings. The first-order chi connectivity index (χ1) is 38.3. The smallest absolute Gasteiger partial charge is 0.403 e. The van der Waals surface area contributed by atoms with Crippen LogP contribution >= 0.6 is 11.6 Å². The van der Waals surface area contributed by atoms with Crippen LogP contribution in [0.2, 0.25) is 0 Å². The second-order valence-electron chi connectivity index (χ2n) is 17.4. The number of hydrogen-bond acceptors (Lipinski definition) is 16. The molecule has 0 aliphatic carbocycles. The van der Waals surface area contributed by atoms with E-state index in [2.05, 4.69) is 20.4 Å². The molecule has 0 spiro atoms. The largest absolute Gasteiger partial charge is 1.00 e. The Labute approximate surface area is 481 Å². The summed E-state index contributed by atoms with van der Waals surface area (Å²) in [7, 11) is 2.70. The van der Waals surface area contributed by atoms with E-state index < -0.39 is 82.8 Å². The Morgan fingerprint density at radius 2 is 0.890 bits per heavy atom. The first-order valence-electron chi connectivity index (χ1n) is 24.6. The maximum absolute atomic E-state index is 13.5. The van der Waals surface area contributed by atoms with Gasteiger partial charge < -0.3 is 56.4 Å². The average molecular weight is 1190 g/mol. The summed E-state index contributed by atoms with van der Waals surface area (Å²) < 4.78 is 88.6. The highest BCUT2D eigenvalue weighted by atomic mass is 35.5. The van der Waals surface area contributed by atoms with E-state index in [0.29, 0.717) is 17.7 Å². The van der Waals surface area contributed by atoms with Crippen LogP contribution in [0.1, 0.15) is 110 Å². The molecule has 0 amide bonds. The van der Waals surface area contributed by atoms with Crippen molar-refractivity contribution in [3.8, 4) is 23.0 Å². The number of pyridine rings is 2. The Morgan fingerprint density at radius 3 is 1.17 bits per heavy atom. The van der Waals surface area contributed by atoms with Gasteiger partial charge in [0, 0.05) is 68.2 Å². The van der Waals surface area contributed by atoms with E-state index in [9.17, 15) is 51.1 Å². The Kier molecular flexibility index (Phi) is 29.4. The van der Waals surface area contributed by atoms with Gasteiger partial charge in [0.05, 0.1) is 26.7 Å². The molecule has 0 aliphatic heterocycles. The number of aromatic nitrogens is 2. The third-order valence-corrected chi connectivity index (χ3v) is 11.3. The lowest BCUT2D eigenvalue weighted by Crippen LogP contribution is -3.00. The number of nitrogens with zero attached hydrogens (tertiary/aromatic N) is 2. The highest BCUT2D eigenvalue weighted by Gasteiger charge is 2.31. The number of quaternary nitrogens is 1. The average Bonchev–Trinajstić information content (AvgIpc) is 3.43. The lowest BCUT2D eigenvalue weighted by atomic mass is 9.87. The highest BCUT2D eigenvalue weighted by Crippen LogP contribution is 2.35. The third kappa shape index (κ3) is 22.2. The summed E-state index contributed by atoms with van der Waals surface area (Å²) in [6.45, 7) is 11.0. The first kappa shape index (κ1) is 69.6. The molecule has 440 valence electrons. The molecular weight excluding hydrogens is 1130 g/mol. The van der Waals surface area contributed by atoms with Crippen molar-refractivity contribution in [2.45, 2.75) is 85.0 Å². The summed E-state index contributed by atoms with van der Waals surface area (Å²) in [5, 5.41) is 8.79. The monoisotopic (exact) mass is 1190 g/mol. The number of rotatable bonds is 19. The molecule has 0 fully saturated rings. The van der Waals surface area contributed by atoms with Gasteiger partial charge in [0.15, 0.2) is 34.7 Å². The third-order valence-electron chi connectivity index (χ3n) is 11.1. The minimum absolute atomic E-state index is 0. The van der Waals surface area contributed by atoms with Crippen molar-refractivity contribution in [2.24, 2.45) is 5.92 Å². The number of aromatic carboxylic acids is 1. The van der Waals surface area contributed by atoms with Crippen LogP contribution in [0.4, 0.5) is 22.4 Å². The molecule has 2 heterocycles. The summed E-state index contributed by atoms with van der Waals surface area (Å²) in [5.41, 5.74) is 5.32. The molecule has 0 unspecified atom stereocenters. The van der Waals surface area contributed by atoms with Crippen molar-refractivity contribution >= 4 is 52.7 Å². The van der Waals surface area contributed by atoms with Crippen LogP contribution < -0.4 is 37.1 Å². The van der Waals surface area contributed by atoms with Gasteiger partial charge >= 0.3 is 35.3 Å². The zero-order valence-corrected chi connectivity index (χ0v) is 47.5. The molecule has 0 saturated heterocycles. The molecular formula is C58H61Cl2F4N3O15. The van der Waals surface area contributed by atoms with Gasteiger partial charge in [-0.1, -0.05) is 55.5 Å². The number of hydrogen-bond donors (Lipinski definition) is 2. The lowest BCUT2D eigenvalue weighted by molar-refractivity contribution is -0.403. The normalized spacial score (nSPS) is 11.8. The predicted molar refractivity (Wildman–Crippen MR) is 285 cm³/mol. The number of benzene rings is 4. The predicted octanol–water partition coefficient (Wildman–Crippen LogP) is 7.02. The lowest BCUT2D eigenvalue weighted by Gasteiger charge is -2.26. The topological polar surface area (TPSA) is 258 Å². The van der Waals surface area contributed by atoms with Crippen molar-refractivity contribution in [1.29, 1.82) is 0 Å². The van der Waals surface area contributed by atoms with E-state index in [1.807, 2.05) is 0 Å². The van der Waals surface area contributed by atoms with Crippen LogP contribution in [-0.4, -0.2) is 95.2 Å². The number of ketones is 1. The fourth-order valence-corrected chi connectivity index (χ4v) is 7.58. The van der Waals surface area contributed by atoms with Crippen molar-refractivity contribution in [2.75, 3.05) is 20.8 Å². The van der Waals surface area contributed by atoms with Crippen LogP contribution in [-0.2, 0) is 33.4 Å². The molecule has 2 aromatic heterocycles. The standard InChI is InChI=1S/C28H27F2NO6.C18H19F2NO2.C9H9NO5.C3H5ClO2.ClH/c1-16(15-23(33)26-27(37-18(3)32)24(35-4)13-14-31-26)28(34)36-17(2)25(19-5-9-21(29)10-6-19)20-7-11-22(30)12-8-20;1-11(21)18(22)23-12(2)17(13-3-7-15(19)8-4-13)14-5-9-16(20)10-6-14;1-5(11)15-8-6(14-2)3-4-10-7(8)9(12)13;1-2-6-3(4)5;/h5-14,16-17,25H,15H2,1-4H3;3-12,17H,21H2,1-2H3;3-4H,1-2H3,(H,12,13);2H2,1H3;1H/t16-,17+;11-,12-;;;/m10.../s1. The number of Topliss-reactive ketones (excluding diaryl/α,β-unsaturated/α-hetero) is 1. The fraction of sp³-hybridized carbons (Fsp3) is 0.293. The molecule has 0 bridgehead atoms. The van der Waals surface area contributed by atoms with Crippen LogP contribution in [0, 0.1) is 29.2 Å². The Bertz CT molecular complexity index is 2980. The van der Waals surface area contributed by atoms with Gasteiger partial charge in [0.25, 0.3) is 0 Å². The quantitative estimate of drug-likeness (QED) is 0.0271. The number of carbonyl (C=O) groups is 7. The number of carboxylic acid groups (broad SMARTS) is 1. The molecule has 24 heteroatoms. The maximum Gasteiger partial charge on any atom is 0.403 e. The van der Waals surface area contributed by atoms with Crippen LogP contribution in [0.5, 0.6) is 23.0 Å². The second kappa shape index (κ2) is 34.6. The van der Waals surface area contributed by atoms with Crippen molar-refractivity contribution < 1.29 is 108 Å². The van der Waals surface area contributed by atoms with E-state index in [1.165, 1.54) is 101 Å². The van der Waals surface area contributed by atoms with E-state index in [4.69, 9.17) is 45.1 Å². The number of halogens is 6. The van der Waals surface area contributed by atoms with Gasteiger partial charge in [0.1, 0.15) is 35.5 Å². The Morgan fingerprint density at radius 1 is 0.561 bits per heavy atom. The van der Waals surface area contributed by atoms with Gasteiger partial charge in [-0.2, -0.15) is 0 Å². The first-order valence-corrected chi connectivity index (χ1v) is 25.0. The van der Waals surface area contributed by atoms with E-state index in [0.717, 1.165) is 18.1 Å². The Hall–Kier alpha value is -8.47. The zero-order valence-electron chi connectivity index (χ0n) is 46.0. The van der Waals surface area contributed by atoms with E-state index in [-0.39, 0.29) is 70.8 Å². The summed E-state index contributed by atoms with van der Waals surface area (Å²) in [4.78, 5) is 88.0. The summed E-state index contributed by atoms with van der Waals surface area (Å²) >= 11 is 4.72. The van der Waals surface area contributed by atoms with E-state index in [1.54, 1.807) is 76.2 Å². The molecule has 4 N–H and O–H groups in total. The molecule has 6 rings (SSSR count). The van der Waals surface area contributed by atoms with Crippen LogP contribution in [0.25, 0.3) is 0 Å². The molecule has 18 nitrogen and oxygen atoms in total. The summed E-state index contributed by atoms with van der Waals surface area (Å²) in [6, 6.07) is 25.8. The SMILES string of the molecule is CCOC(=O)Cl.COc1ccnc(C(=O)C[C@@H](C)C(=O)O[C@@H](C)C(c2ccc(F)cc2)c2ccc(F)cc2)c1OC(C)=O.COc1ccnc(C(=O)O)c1OC(C)=O.C[C@H]([NH3+])C(=O)O[C@@H](C)C(c1ccc(F)cc1)c1ccc(F)cc1.[Cl-]. The number of esters is 4. The van der Waals surface area contributed by atoms with Gasteiger partial charge in [-0.25, -0.2) is 41.9 Å². The van der Waals surface area contributed by atoms with Crippen molar-refractivity contribution in [1.82, 2.24) is 9.97 Å². The zero-order chi connectivity index (χ0) is 60.5. The van der Waals surface area contributed by atoms with Crippen molar-refractivity contribution in [3.63, 3.8) is 0 Å². The molecule has 82 heavy (non-hydrogen) atoms. The summed E-state index contributed by atoms with van der Waals surface area (Å²) in [6.07, 6.45) is 1.10. The van der Waals surface area contributed by atoms with Gasteiger partial charge in [-0.05, 0) is 98.5 Å². The number of methoxy groups -OCH3 is 2. The molecule has 4 aromatic carbocycles.